The van der Waals surface area contributed by atoms with E-state index in [1.807, 2.05) is 0 Å². The molecule has 0 radical (unpaired) electrons. The first-order valence-corrected chi connectivity index (χ1v) is 20.3. The van der Waals surface area contributed by atoms with Crippen LogP contribution in [-0.4, -0.2) is 74.5 Å². The van der Waals surface area contributed by atoms with Gasteiger partial charge in [-0.25, -0.2) is 9.59 Å². The number of hydrogen-bond acceptors (Lipinski definition) is 8. The number of carbonyl (C=O) groups is 2. The Balaban J connectivity index is 2.88. The fraction of sp³-hybridized carbons (Fsp3) is 0.533. The second-order valence-electron chi connectivity index (χ2n) is 9.89. The molecule has 0 saturated heterocycles. The monoisotopic (exact) mass is 790 g/mol. The number of benzene rings is 2. The smallest absolute Gasteiger partial charge is 0.338 e. The number of halogens is 4. The first-order chi connectivity index (χ1) is 22.8. The Kier molecular flexibility index (Phi) is 18.0. The van der Waals surface area contributed by atoms with Crippen LogP contribution in [0.1, 0.15) is 64.2 Å². The summed E-state index contributed by atoms with van der Waals surface area (Å²) in [5, 5.41) is 6.29. The number of rotatable bonds is 19. The van der Waals surface area contributed by atoms with Gasteiger partial charge in [-0.2, -0.15) is 0 Å². The SMILES string of the molecule is CCNC(=O)N(CCN(C(=O)NCC)C(c1ccc(Cl)cc1Cl)P(=O)(OCC)OCC)C(c1ccc(Cl)cc1Cl)P(=O)(OCC)OCC. The van der Waals surface area contributed by atoms with Crippen LogP contribution >= 0.6 is 61.6 Å². The van der Waals surface area contributed by atoms with Crippen LogP contribution in [0, 0.1) is 0 Å². The Labute approximate surface area is 303 Å². The lowest BCUT2D eigenvalue weighted by Crippen LogP contribution is -2.49. The van der Waals surface area contributed by atoms with Crippen molar-refractivity contribution in [1.82, 2.24) is 20.4 Å². The van der Waals surface area contributed by atoms with Crippen molar-refractivity contribution in [3.63, 3.8) is 0 Å². The van der Waals surface area contributed by atoms with Crippen LogP contribution in [-0.2, 0) is 27.2 Å². The van der Waals surface area contributed by atoms with Gasteiger partial charge in [0.2, 0.25) is 0 Å². The normalized spacial score (nSPS) is 13.1. The van der Waals surface area contributed by atoms with Crippen LogP contribution in [0.15, 0.2) is 36.4 Å². The van der Waals surface area contributed by atoms with Gasteiger partial charge >= 0.3 is 27.3 Å². The molecule has 0 aromatic heterocycles. The van der Waals surface area contributed by atoms with Gasteiger partial charge < -0.3 is 38.5 Å². The van der Waals surface area contributed by atoms with E-state index in [1.54, 1.807) is 41.5 Å². The summed E-state index contributed by atoms with van der Waals surface area (Å²) in [4.78, 5) is 30.2. The third-order valence-corrected chi connectivity index (χ3v) is 12.6. The van der Waals surface area contributed by atoms with Crippen LogP contribution in [0.5, 0.6) is 0 Å². The van der Waals surface area contributed by atoms with Crippen molar-refractivity contribution in [3.8, 4) is 0 Å². The van der Waals surface area contributed by atoms with Crippen LogP contribution in [0.25, 0.3) is 0 Å². The molecule has 2 N–H and O–H groups in total. The number of nitrogens with zero attached hydrogens (tertiary/aromatic N) is 2. The molecular formula is C30H44Cl4N4O8P2. The highest BCUT2D eigenvalue weighted by Gasteiger charge is 2.47. The number of nitrogens with one attached hydrogen (secondary N) is 2. The number of carbonyl (C=O) groups excluding carboxylic acids is 2. The number of hydrogen-bond donors (Lipinski definition) is 2. The van der Waals surface area contributed by atoms with Crippen LogP contribution in [0.2, 0.25) is 20.1 Å². The van der Waals surface area contributed by atoms with Crippen molar-refractivity contribution in [3.05, 3.63) is 67.6 Å². The van der Waals surface area contributed by atoms with Gasteiger partial charge in [-0.3, -0.25) is 9.13 Å². The summed E-state index contributed by atoms with van der Waals surface area (Å²) in [6, 6.07) is 7.70. The molecule has 2 rings (SSSR count). The van der Waals surface area contributed by atoms with Crippen LogP contribution in [0.3, 0.4) is 0 Å². The van der Waals surface area contributed by atoms with Gasteiger partial charge in [0.05, 0.1) is 26.4 Å². The Morgan fingerprint density at radius 1 is 0.625 bits per heavy atom. The van der Waals surface area contributed by atoms with Gasteiger partial charge in [-0.1, -0.05) is 58.5 Å². The van der Waals surface area contributed by atoms with Gasteiger partial charge in [-0.15, -0.1) is 0 Å². The van der Waals surface area contributed by atoms with E-state index < -0.39 is 38.8 Å². The van der Waals surface area contributed by atoms with Gasteiger partial charge in [0.15, 0.2) is 11.6 Å². The molecule has 0 bridgehead atoms. The van der Waals surface area contributed by atoms with Crippen LogP contribution in [0.4, 0.5) is 9.59 Å². The molecule has 2 atom stereocenters. The highest BCUT2D eigenvalue weighted by Crippen LogP contribution is 2.65. The summed E-state index contributed by atoms with van der Waals surface area (Å²) in [6.45, 7) is 9.73. The minimum absolute atomic E-state index is 0.0176. The molecule has 18 heteroatoms. The second kappa shape index (κ2) is 20.3. The minimum Gasteiger partial charge on any atom is -0.338 e. The van der Waals surface area contributed by atoms with Crippen molar-refractivity contribution in [2.45, 2.75) is 53.1 Å². The summed E-state index contributed by atoms with van der Waals surface area (Å²) in [7, 11) is -8.39. The Morgan fingerprint density at radius 3 is 1.19 bits per heavy atom. The molecule has 4 amide bonds. The van der Waals surface area contributed by atoms with Crippen LogP contribution < -0.4 is 10.6 Å². The topological polar surface area (TPSA) is 136 Å². The van der Waals surface area contributed by atoms with Crippen molar-refractivity contribution in [1.29, 1.82) is 0 Å². The molecule has 0 aliphatic heterocycles. The molecule has 0 fully saturated rings. The van der Waals surface area contributed by atoms with Crippen molar-refractivity contribution < 1.29 is 36.8 Å². The van der Waals surface area contributed by atoms with Gasteiger partial charge in [0.25, 0.3) is 0 Å². The van der Waals surface area contributed by atoms with Crippen molar-refractivity contribution in [2.75, 3.05) is 52.6 Å². The lowest BCUT2D eigenvalue weighted by Gasteiger charge is -2.40. The van der Waals surface area contributed by atoms with E-state index in [2.05, 4.69) is 10.6 Å². The molecule has 0 saturated carbocycles. The fourth-order valence-corrected chi connectivity index (χ4v) is 10.5. The third kappa shape index (κ3) is 11.0. The second-order valence-corrected chi connectivity index (χ2v) is 15.7. The zero-order chi connectivity index (χ0) is 36.1. The molecule has 12 nitrogen and oxygen atoms in total. The predicted octanol–water partition coefficient (Wildman–Crippen LogP) is 9.59. The largest absolute Gasteiger partial charge is 0.357 e. The van der Waals surface area contributed by atoms with Crippen molar-refractivity contribution >= 4 is 73.7 Å². The van der Waals surface area contributed by atoms with E-state index in [1.165, 1.54) is 46.2 Å². The van der Waals surface area contributed by atoms with E-state index in [-0.39, 0.29) is 73.8 Å². The maximum atomic E-state index is 14.6. The predicted molar refractivity (Wildman–Crippen MR) is 192 cm³/mol. The Morgan fingerprint density at radius 2 is 0.938 bits per heavy atom. The maximum absolute atomic E-state index is 14.6. The molecule has 0 aliphatic carbocycles. The first kappa shape index (κ1) is 42.6. The lowest BCUT2D eigenvalue weighted by atomic mass is 10.2. The zero-order valence-electron chi connectivity index (χ0n) is 27.8. The molecule has 2 unspecified atom stereocenters. The van der Waals surface area contributed by atoms with Gasteiger partial charge in [-0.05, 0) is 65.8 Å². The highest BCUT2D eigenvalue weighted by atomic mass is 35.5. The summed E-state index contributed by atoms with van der Waals surface area (Å²) < 4.78 is 52.2. The Bertz CT molecular complexity index is 1350. The zero-order valence-corrected chi connectivity index (χ0v) is 32.7. The summed E-state index contributed by atoms with van der Waals surface area (Å²) in [5.41, 5.74) is 0.461. The summed E-state index contributed by atoms with van der Waals surface area (Å²) in [6.07, 6.45) is 0. The number of amides is 4. The molecule has 0 aliphatic rings. The standard InChI is InChI=1S/C30H44Cl4N4O8P2/c1-7-35-29(39)37(27(47(41,43-9-3)44-10-4)23-15-13-21(31)19-25(23)33)17-18-38(30(40)36-8-2)28(48(42,45-11-5)46-12-6)24-16-14-22(32)20-26(24)34/h13-16,19-20,27-28H,7-12,17-18H2,1-6H3,(H,35,39)(H,36,40). The van der Waals surface area contributed by atoms with Gasteiger partial charge in [0, 0.05) is 57.4 Å². The van der Waals surface area contributed by atoms with E-state index in [0.29, 0.717) is 10.0 Å². The Hall–Kier alpha value is -1.56. The molecule has 0 heterocycles. The third-order valence-electron chi connectivity index (χ3n) is 6.67. The maximum Gasteiger partial charge on any atom is 0.357 e. The minimum atomic E-state index is -4.19. The first-order valence-electron chi connectivity index (χ1n) is 15.5. The highest BCUT2D eigenvalue weighted by molar-refractivity contribution is 7.54. The van der Waals surface area contributed by atoms with Gasteiger partial charge in [0.1, 0.15) is 0 Å². The molecule has 270 valence electrons. The van der Waals surface area contributed by atoms with E-state index in [9.17, 15) is 18.7 Å². The lowest BCUT2D eigenvalue weighted by molar-refractivity contribution is 0.137. The molecule has 2 aromatic rings. The molecule has 48 heavy (non-hydrogen) atoms. The fourth-order valence-electron chi connectivity index (χ4n) is 4.91. The molecule has 2 aromatic carbocycles. The molecule has 0 spiro atoms. The summed E-state index contributed by atoms with van der Waals surface area (Å²) in [5.74, 6) is -2.79. The number of urea groups is 2. The van der Waals surface area contributed by atoms with E-state index >= 15 is 0 Å². The molecular weight excluding hydrogens is 748 g/mol. The van der Waals surface area contributed by atoms with E-state index in [0.717, 1.165) is 0 Å². The van der Waals surface area contributed by atoms with Crippen molar-refractivity contribution in [2.24, 2.45) is 0 Å². The summed E-state index contributed by atoms with van der Waals surface area (Å²) >= 11 is 25.7. The quantitative estimate of drug-likeness (QED) is 0.134. The van der Waals surface area contributed by atoms with E-state index in [4.69, 9.17) is 64.5 Å². The average molecular weight is 792 g/mol. The average Bonchev–Trinajstić information content (AvgIpc) is 3.00.